The number of rotatable bonds is 5. The first-order valence-corrected chi connectivity index (χ1v) is 8.97. The summed E-state index contributed by atoms with van der Waals surface area (Å²) in [6.07, 6.45) is 0. The summed E-state index contributed by atoms with van der Waals surface area (Å²) < 4.78 is 67.7. The van der Waals surface area contributed by atoms with Gasteiger partial charge in [0.15, 0.2) is 29.1 Å². The predicted molar refractivity (Wildman–Crippen MR) is 96.2 cm³/mol. The summed E-state index contributed by atoms with van der Waals surface area (Å²) >= 11 is 6.63. The Morgan fingerprint density at radius 2 is 1.69 bits per heavy atom. The van der Waals surface area contributed by atoms with Gasteiger partial charge >= 0.3 is 0 Å². The van der Waals surface area contributed by atoms with Gasteiger partial charge in [-0.2, -0.15) is 0 Å². The highest BCUT2D eigenvalue weighted by Gasteiger charge is 2.27. The van der Waals surface area contributed by atoms with Gasteiger partial charge in [-0.15, -0.1) is 10.2 Å². The molecule has 0 aliphatic heterocycles. The highest BCUT2D eigenvalue weighted by molar-refractivity contribution is 7.99. The summed E-state index contributed by atoms with van der Waals surface area (Å²) in [6.45, 7) is 0. The summed E-state index contributed by atoms with van der Waals surface area (Å²) in [6, 6.07) is 6.56. The molecule has 0 radical (unpaired) electrons. The molecule has 0 atom stereocenters. The van der Waals surface area contributed by atoms with Gasteiger partial charge in [-0.25, -0.2) is 26.6 Å². The van der Waals surface area contributed by atoms with Crippen LogP contribution >= 0.6 is 23.4 Å². The largest absolute Gasteiger partial charge is 0.335 e. The maximum Gasteiger partial charge on any atom is 0.235 e. The van der Waals surface area contributed by atoms with E-state index in [1.807, 2.05) is 0 Å². The van der Waals surface area contributed by atoms with Crippen LogP contribution in [0.15, 0.2) is 29.4 Å². The fraction of sp³-hybridized carbons (Fsp3) is 0.0625. The number of carbonyl (C=O) groups excluding carboxylic acids is 1. The molecule has 0 fully saturated rings. The van der Waals surface area contributed by atoms with Crippen LogP contribution in [0.25, 0.3) is 11.4 Å². The van der Waals surface area contributed by atoms with Crippen molar-refractivity contribution in [3.63, 3.8) is 0 Å². The Balaban J connectivity index is 1.73. The van der Waals surface area contributed by atoms with Gasteiger partial charge in [0.05, 0.1) is 5.75 Å². The van der Waals surface area contributed by atoms with Crippen LogP contribution in [0.1, 0.15) is 0 Å². The lowest BCUT2D eigenvalue weighted by molar-refractivity contribution is -0.113. The minimum absolute atomic E-state index is 0.0625. The number of amides is 1. The van der Waals surface area contributed by atoms with E-state index in [0.29, 0.717) is 10.6 Å². The van der Waals surface area contributed by atoms with Crippen LogP contribution in [0.2, 0.25) is 5.02 Å². The fourth-order valence-corrected chi connectivity index (χ4v) is 3.07. The molecule has 3 rings (SSSR count). The van der Waals surface area contributed by atoms with E-state index in [1.54, 1.807) is 29.6 Å². The zero-order chi connectivity index (χ0) is 21.3. The lowest BCUT2D eigenvalue weighted by atomic mass is 10.2. The van der Waals surface area contributed by atoms with Gasteiger partial charge in [0, 0.05) is 10.6 Å². The van der Waals surface area contributed by atoms with E-state index in [1.165, 1.54) is 0 Å². The van der Waals surface area contributed by atoms with Gasteiger partial charge in [-0.3, -0.25) is 4.79 Å². The molecule has 0 saturated carbocycles. The van der Waals surface area contributed by atoms with Crippen molar-refractivity contribution in [3.05, 3.63) is 58.4 Å². The number of thioether (sulfide) groups is 1. The molecule has 152 valence electrons. The molecule has 0 spiro atoms. The van der Waals surface area contributed by atoms with E-state index in [-0.39, 0.29) is 11.0 Å². The SMILES string of the molecule is Nn1c(SCC(=O)Nc2c(F)c(F)c(F)c(F)c2F)nnc1-c1cccc(Cl)c1. The molecule has 3 N–H and O–H groups in total. The van der Waals surface area contributed by atoms with Crippen molar-refractivity contribution < 1.29 is 26.7 Å². The number of hydrogen-bond donors (Lipinski definition) is 2. The second kappa shape index (κ2) is 8.25. The van der Waals surface area contributed by atoms with Crippen molar-refractivity contribution in [2.24, 2.45) is 0 Å². The Morgan fingerprint density at radius 1 is 1.07 bits per heavy atom. The van der Waals surface area contributed by atoms with Crippen LogP contribution < -0.4 is 11.2 Å². The lowest BCUT2D eigenvalue weighted by Crippen LogP contribution is -2.19. The molecule has 2 aromatic carbocycles. The first-order chi connectivity index (χ1) is 13.7. The van der Waals surface area contributed by atoms with E-state index < -0.39 is 46.4 Å². The maximum absolute atomic E-state index is 13.6. The second-order valence-corrected chi connectivity index (χ2v) is 6.85. The number of nitrogen functional groups attached to an aromatic ring is 1. The quantitative estimate of drug-likeness (QED) is 0.204. The van der Waals surface area contributed by atoms with Gasteiger partial charge in [-0.05, 0) is 12.1 Å². The van der Waals surface area contributed by atoms with Gasteiger partial charge in [0.1, 0.15) is 5.69 Å². The summed E-state index contributed by atoms with van der Waals surface area (Å²) in [7, 11) is 0. The number of nitrogens with two attached hydrogens (primary N) is 1. The Labute approximate surface area is 168 Å². The number of halogens is 6. The summed E-state index contributed by atoms with van der Waals surface area (Å²) in [5.41, 5.74) is -0.897. The molecular formula is C16H9ClF5N5OS. The number of hydrogen-bond acceptors (Lipinski definition) is 5. The third-order valence-electron chi connectivity index (χ3n) is 3.55. The fourth-order valence-electron chi connectivity index (χ4n) is 2.22. The van der Waals surface area contributed by atoms with Crippen molar-refractivity contribution in [2.45, 2.75) is 5.16 Å². The van der Waals surface area contributed by atoms with E-state index in [9.17, 15) is 26.7 Å². The molecule has 0 bridgehead atoms. The first kappa shape index (κ1) is 20.9. The van der Waals surface area contributed by atoms with Crippen LogP contribution in [0.5, 0.6) is 0 Å². The van der Waals surface area contributed by atoms with E-state index >= 15 is 0 Å². The molecule has 1 aromatic heterocycles. The van der Waals surface area contributed by atoms with Crippen LogP contribution in [-0.2, 0) is 4.79 Å². The Hall–Kier alpha value is -2.86. The van der Waals surface area contributed by atoms with Crippen molar-refractivity contribution in [3.8, 4) is 11.4 Å². The van der Waals surface area contributed by atoms with Gasteiger partial charge in [0.25, 0.3) is 0 Å². The van der Waals surface area contributed by atoms with E-state index in [4.69, 9.17) is 17.4 Å². The Kier molecular flexibility index (Phi) is 5.94. The van der Waals surface area contributed by atoms with Crippen LogP contribution in [0.4, 0.5) is 27.6 Å². The molecule has 0 saturated heterocycles. The van der Waals surface area contributed by atoms with E-state index in [2.05, 4.69) is 10.2 Å². The molecule has 0 aliphatic rings. The van der Waals surface area contributed by atoms with Crippen LogP contribution in [0, 0.1) is 29.1 Å². The zero-order valence-electron chi connectivity index (χ0n) is 14.0. The number of nitrogens with one attached hydrogen (secondary N) is 1. The monoisotopic (exact) mass is 449 g/mol. The van der Waals surface area contributed by atoms with Crippen molar-refractivity contribution in [2.75, 3.05) is 16.9 Å². The number of anilines is 1. The highest BCUT2D eigenvalue weighted by Crippen LogP contribution is 2.28. The normalized spacial score (nSPS) is 11.0. The van der Waals surface area contributed by atoms with Crippen molar-refractivity contribution in [1.82, 2.24) is 14.9 Å². The number of nitrogens with zero attached hydrogens (tertiary/aromatic N) is 3. The third-order valence-corrected chi connectivity index (χ3v) is 4.73. The zero-order valence-corrected chi connectivity index (χ0v) is 15.6. The molecular weight excluding hydrogens is 441 g/mol. The number of aromatic nitrogens is 3. The Bertz CT molecular complexity index is 1080. The summed E-state index contributed by atoms with van der Waals surface area (Å²) in [5.74, 6) is -6.40. The first-order valence-electron chi connectivity index (χ1n) is 7.61. The number of benzene rings is 2. The van der Waals surface area contributed by atoms with Crippen molar-refractivity contribution in [1.29, 1.82) is 0 Å². The van der Waals surface area contributed by atoms with Crippen LogP contribution in [0.3, 0.4) is 0 Å². The van der Waals surface area contributed by atoms with E-state index in [0.717, 1.165) is 16.4 Å². The predicted octanol–water partition coefficient (Wildman–Crippen LogP) is 3.74. The molecule has 1 amide bonds. The minimum Gasteiger partial charge on any atom is -0.335 e. The molecule has 0 unspecified atom stereocenters. The minimum atomic E-state index is -2.32. The summed E-state index contributed by atoms with van der Waals surface area (Å²) in [4.78, 5) is 11.9. The molecule has 1 heterocycles. The second-order valence-electron chi connectivity index (χ2n) is 5.47. The lowest BCUT2D eigenvalue weighted by Gasteiger charge is -2.09. The van der Waals surface area contributed by atoms with Crippen molar-refractivity contribution >= 4 is 35.0 Å². The third kappa shape index (κ3) is 4.12. The van der Waals surface area contributed by atoms with Gasteiger partial charge in [0.2, 0.25) is 16.9 Å². The smallest absolute Gasteiger partial charge is 0.235 e. The average Bonchev–Trinajstić information content (AvgIpc) is 3.07. The molecule has 6 nitrogen and oxygen atoms in total. The molecule has 0 aliphatic carbocycles. The topological polar surface area (TPSA) is 85.8 Å². The molecule has 3 aromatic rings. The molecule has 13 heteroatoms. The highest BCUT2D eigenvalue weighted by atomic mass is 35.5. The maximum atomic E-state index is 13.6. The summed E-state index contributed by atoms with van der Waals surface area (Å²) in [5, 5.41) is 9.80. The van der Waals surface area contributed by atoms with Gasteiger partial charge < -0.3 is 11.2 Å². The standard InChI is InChI=1S/C16H9ClF5N5OS/c17-7-3-1-2-6(4-7)15-25-26-16(27(15)23)29-5-8(28)24-14-12(21)10(19)9(18)11(20)13(14)22/h1-4H,5,23H2,(H,24,28). The van der Waals surface area contributed by atoms with Crippen LogP contribution in [-0.4, -0.2) is 26.5 Å². The Morgan fingerprint density at radius 3 is 2.31 bits per heavy atom. The van der Waals surface area contributed by atoms with Gasteiger partial charge in [-0.1, -0.05) is 35.5 Å². The average molecular weight is 450 g/mol. The molecule has 29 heavy (non-hydrogen) atoms. The number of carbonyl (C=O) groups is 1.